The number of aryl methyl sites for hydroxylation is 2. The van der Waals surface area contributed by atoms with E-state index in [1.807, 2.05) is 30.3 Å². The molecule has 2 rings (SSSR count). The van der Waals surface area contributed by atoms with Crippen LogP contribution in [0.15, 0.2) is 30.3 Å². The molecule has 124 valence electrons. The number of nitrogens with zero attached hydrogens (tertiary/aromatic N) is 1. The Morgan fingerprint density at radius 1 is 1.30 bits per heavy atom. The van der Waals surface area contributed by atoms with Crippen LogP contribution in [0.1, 0.15) is 28.6 Å². The van der Waals surface area contributed by atoms with Gasteiger partial charge in [-0.05, 0) is 19.4 Å². The molecule has 0 aliphatic carbocycles. The molecule has 1 aromatic carbocycles. The standard InChI is InChI=1S/C16H21N3O4/c1-10-14(11(2)19-18-10)15(21)13(20)8-17-16(22)23-9-12-6-4-3-5-7-12/h3-7,13,15,20-21H,8-9H2,1-2H3,(H,17,22)(H,18,19). The molecule has 4 N–H and O–H groups in total. The Hall–Kier alpha value is -2.38. The van der Waals surface area contributed by atoms with Gasteiger partial charge in [-0.25, -0.2) is 4.79 Å². The van der Waals surface area contributed by atoms with Crippen molar-refractivity contribution in [3.63, 3.8) is 0 Å². The van der Waals surface area contributed by atoms with Gasteiger partial charge in [0.1, 0.15) is 18.8 Å². The molecule has 0 bridgehead atoms. The van der Waals surface area contributed by atoms with Crippen LogP contribution in [0.25, 0.3) is 0 Å². The second-order valence-electron chi connectivity index (χ2n) is 5.30. The number of rotatable bonds is 6. The zero-order chi connectivity index (χ0) is 16.8. The predicted molar refractivity (Wildman–Crippen MR) is 83.7 cm³/mol. The smallest absolute Gasteiger partial charge is 0.407 e. The lowest BCUT2D eigenvalue weighted by Crippen LogP contribution is -2.36. The quantitative estimate of drug-likeness (QED) is 0.643. The molecule has 0 aliphatic heterocycles. The first-order valence-corrected chi connectivity index (χ1v) is 7.31. The Bertz CT molecular complexity index is 623. The van der Waals surface area contributed by atoms with Gasteiger partial charge in [0.15, 0.2) is 0 Å². The molecule has 0 aliphatic rings. The zero-order valence-corrected chi connectivity index (χ0v) is 13.1. The number of nitrogens with one attached hydrogen (secondary N) is 2. The fourth-order valence-electron chi connectivity index (χ4n) is 2.26. The van der Waals surface area contributed by atoms with E-state index in [9.17, 15) is 15.0 Å². The van der Waals surface area contributed by atoms with Crippen LogP contribution in [0.5, 0.6) is 0 Å². The van der Waals surface area contributed by atoms with E-state index < -0.39 is 18.3 Å². The summed E-state index contributed by atoms with van der Waals surface area (Å²) in [6, 6.07) is 9.27. The first-order valence-electron chi connectivity index (χ1n) is 7.31. The highest BCUT2D eigenvalue weighted by Crippen LogP contribution is 2.22. The topological polar surface area (TPSA) is 107 Å². The number of hydrogen-bond donors (Lipinski definition) is 4. The van der Waals surface area contributed by atoms with Crippen LogP contribution in [-0.2, 0) is 11.3 Å². The van der Waals surface area contributed by atoms with Gasteiger partial charge in [-0.1, -0.05) is 30.3 Å². The number of benzene rings is 1. The summed E-state index contributed by atoms with van der Waals surface area (Å²) in [4.78, 5) is 11.6. The van der Waals surface area contributed by atoms with Gasteiger partial charge in [-0.2, -0.15) is 5.10 Å². The molecule has 2 aromatic rings. The van der Waals surface area contributed by atoms with Gasteiger partial charge in [-0.15, -0.1) is 0 Å². The monoisotopic (exact) mass is 319 g/mol. The maximum absolute atomic E-state index is 11.6. The summed E-state index contributed by atoms with van der Waals surface area (Å²) in [6.07, 6.45) is -2.95. The SMILES string of the molecule is Cc1n[nH]c(C)c1C(O)C(O)CNC(=O)OCc1ccccc1. The predicted octanol–water partition coefficient (Wildman–Crippen LogP) is 1.35. The lowest BCUT2D eigenvalue weighted by atomic mass is 10.0. The number of alkyl carbamates (subject to hydrolysis) is 1. The Morgan fingerprint density at radius 3 is 2.61 bits per heavy atom. The number of hydrogen-bond acceptors (Lipinski definition) is 5. The zero-order valence-electron chi connectivity index (χ0n) is 13.1. The summed E-state index contributed by atoms with van der Waals surface area (Å²) in [5.41, 5.74) is 2.70. The molecule has 23 heavy (non-hydrogen) atoms. The third-order valence-corrected chi connectivity index (χ3v) is 3.51. The van der Waals surface area contributed by atoms with Crippen molar-refractivity contribution >= 4 is 6.09 Å². The fourth-order valence-corrected chi connectivity index (χ4v) is 2.26. The Kier molecular flexibility index (Phi) is 5.72. The van der Waals surface area contributed by atoms with Gasteiger partial charge in [0.25, 0.3) is 0 Å². The van der Waals surface area contributed by atoms with Crippen molar-refractivity contribution in [3.8, 4) is 0 Å². The van der Waals surface area contributed by atoms with E-state index in [-0.39, 0.29) is 13.2 Å². The van der Waals surface area contributed by atoms with E-state index >= 15 is 0 Å². The molecule has 0 spiro atoms. The van der Waals surface area contributed by atoms with Crippen LogP contribution >= 0.6 is 0 Å². The number of carbonyl (C=O) groups excluding carboxylic acids is 1. The molecule has 1 aromatic heterocycles. The van der Waals surface area contributed by atoms with Crippen LogP contribution in [-0.4, -0.2) is 39.2 Å². The third kappa shape index (κ3) is 4.54. The third-order valence-electron chi connectivity index (χ3n) is 3.51. The van der Waals surface area contributed by atoms with E-state index in [4.69, 9.17) is 4.74 Å². The van der Waals surface area contributed by atoms with Crippen LogP contribution in [0.4, 0.5) is 4.79 Å². The van der Waals surface area contributed by atoms with Crippen LogP contribution in [0.3, 0.4) is 0 Å². The van der Waals surface area contributed by atoms with Crippen molar-refractivity contribution in [1.82, 2.24) is 15.5 Å². The number of H-pyrrole nitrogens is 1. The Morgan fingerprint density at radius 2 is 2.00 bits per heavy atom. The van der Waals surface area contributed by atoms with Crippen molar-refractivity contribution in [2.24, 2.45) is 0 Å². The minimum absolute atomic E-state index is 0.126. The number of amides is 1. The highest BCUT2D eigenvalue weighted by Gasteiger charge is 2.24. The second-order valence-corrected chi connectivity index (χ2v) is 5.30. The highest BCUT2D eigenvalue weighted by molar-refractivity contribution is 5.67. The average Bonchev–Trinajstić information content (AvgIpc) is 2.89. The molecule has 1 amide bonds. The van der Waals surface area contributed by atoms with Crippen molar-refractivity contribution in [1.29, 1.82) is 0 Å². The van der Waals surface area contributed by atoms with E-state index in [2.05, 4.69) is 15.5 Å². The van der Waals surface area contributed by atoms with Crippen molar-refractivity contribution in [2.75, 3.05) is 6.54 Å². The van der Waals surface area contributed by atoms with Gasteiger partial charge >= 0.3 is 6.09 Å². The number of ether oxygens (including phenoxy) is 1. The number of aliphatic hydroxyl groups is 2. The van der Waals surface area contributed by atoms with Gasteiger partial charge in [-0.3, -0.25) is 5.10 Å². The van der Waals surface area contributed by atoms with Gasteiger partial charge in [0.05, 0.1) is 5.69 Å². The molecule has 0 radical (unpaired) electrons. The lowest BCUT2D eigenvalue weighted by Gasteiger charge is -2.18. The summed E-state index contributed by atoms with van der Waals surface area (Å²) >= 11 is 0. The van der Waals surface area contributed by atoms with E-state index in [1.165, 1.54) is 0 Å². The van der Waals surface area contributed by atoms with Crippen molar-refractivity contribution in [2.45, 2.75) is 32.7 Å². The number of aliphatic hydroxyl groups excluding tert-OH is 2. The summed E-state index contributed by atoms with van der Waals surface area (Å²) < 4.78 is 5.04. The molecule has 0 saturated carbocycles. The van der Waals surface area contributed by atoms with E-state index in [1.54, 1.807) is 13.8 Å². The maximum atomic E-state index is 11.6. The highest BCUT2D eigenvalue weighted by atomic mass is 16.5. The maximum Gasteiger partial charge on any atom is 0.407 e. The number of aromatic nitrogens is 2. The summed E-state index contributed by atoms with van der Waals surface area (Å²) in [6.45, 7) is 3.51. The summed E-state index contributed by atoms with van der Waals surface area (Å²) in [7, 11) is 0. The minimum Gasteiger partial charge on any atom is -0.445 e. The second kappa shape index (κ2) is 7.75. The van der Waals surface area contributed by atoms with Crippen LogP contribution in [0, 0.1) is 13.8 Å². The first kappa shape index (κ1) is 17.0. The molecular formula is C16H21N3O4. The van der Waals surface area contributed by atoms with Gasteiger partial charge in [0, 0.05) is 17.8 Å². The lowest BCUT2D eigenvalue weighted by molar-refractivity contribution is 0.0177. The molecule has 1 heterocycles. The fraction of sp³-hybridized carbons (Fsp3) is 0.375. The first-order chi connectivity index (χ1) is 11.0. The molecule has 2 atom stereocenters. The minimum atomic E-state index is -1.16. The van der Waals surface area contributed by atoms with Crippen LogP contribution < -0.4 is 5.32 Å². The van der Waals surface area contributed by atoms with Gasteiger partial charge in [0.2, 0.25) is 0 Å². The number of aromatic amines is 1. The molecule has 2 unspecified atom stereocenters. The Labute approximate surface area is 134 Å². The Balaban J connectivity index is 1.79. The van der Waals surface area contributed by atoms with Crippen molar-refractivity contribution in [3.05, 3.63) is 52.8 Å². The van der Waals surface area contributed by atoms with Crippen molar-refractivity contribution < 1.29 is 19.7 Å². The van der Waals surface area contributed by atoms with E-state index in [0.717, 1.165) is 5.56 Å². The van der Waals surface area contributed by atoms with Gasteiger partial charge < -0.3 is 20.3 Å². The number of carbonyl (C=O) groups is 1. The molecule has 0 saturated heterocycles. The molecule has 7 nitrogen and oxygen atoms in total. The summed E-state index contributed by atoms with van der Waals surface area (Å²) in [5.74, 6) is 0. The molecule has 7 heteroatoms. The average molecular weight is 319 g/mol. The normalized spacial score (nSPS) is 13.4. The van der Waals surface area contributed by atoms with Crippen LogP contribution in [0.2, 0.25) is 0 Å². The summed E-state index contributed by atoms with van der Waals surface area (Å²) in [5, 5.41) is 29.3. The molecule has 0 fully saturated rings. The van der Waals surface area contributed by atoms with E-state index in [0.29, 0.717) is 17.0 Å². The largest absolute Gasteiger partial charge is 0.445 e. The molecular weight excluding hydrogens is 298 g/mol.